The van der Waals surface area contributed by atoms with E-state index in [1.54, 1.807) is 12.3 Å². The number of benzene rings is 1. The molecule has 174 valence electrons. The van der Waals surface area contributed by atoms with Gasteiger partial charge in [0.2, 0.25) is 5.91 Å². The molecule has 1 aromatic heterocycles. The summed E-state index contributed by atoms with van der Waals surface area (Å²) in [4.78, 5) is 18.5. The summed E-state index contributed by atoms with van der Waals surface area (Å²) in [6.45, 7) is 3.52. The van der Waals surface area contributed by atoms with Crippen LogP contribution in [0.3, 0.4) is 0 Å². The number of hydrogen-bond donors (Lipinski definition) is 1. The van der Waals surface area contributed by atoms with Gasteiger partial charge < -0.3 is 19.7 Å². The quantitative estimate of drug-likeness (QED) is 0.588. The highest BCUT2D eigenvalue weighted by Gasteiger charge is 2.51. The van der Waals surface area contributed by atoms with Crippen molar-refractivity contribution in [3.63, 3.8) is 0 Å². The van der Waals surface area contributed by atoms with Gasteiger partial charge in [0, 0.05) is 30.9 Å². The predicted octanol–water partition coefficient (Wildman–Crippen LogP) is 4.63. The Morgan fingerprint density at radius 3 is 2.55 bits per heavy atom. The largest absolute Gasteiger partial charge is 0.489 e. The maximum atomic E-state index is 12.9. The van der Waals surface area contributed by atoms with Crippen LogP contribution < -0.4 is 19.7 Å². The number of carbonyl (C=O) groups excluding carboxylic acids is 1. The average molecular weight is 456 g/mol. The molecule has 2 aromatic rings. The average Bonchev–Trinajstić information content (AvgIpc) is 3.70. The molecule has 2 aliphatic carbocycles. The van der Waals surface area contributed by atoms with E-state index < -0.39 is 5.92 Å². The first-order valence-electron chi connectivity index (χ1n) is 11.4. The van der Waals surface area contributed by atoms with Gasteiger partial charge in [-0.05, 0) is 49.6 Å². The van der Waals surface area contributed by atoms with Crippen molar-refractivity contribution in [1.29, 1.82) is 0 Å². The van der Waals surface area contributed by atoms with Gasteiger partial charge in [-0.2, -0.15) is 0 Å². The molecule has 2 unspecified atom stereocenters. The summed E-state index contributed by atoms with van der Waals surface area (Å²) >= 11 is 0. The summed E-state index contributed by atoms with van der Waals surface area (Å²) < 4.78 is 37.2. The molecule has 1 aromatic carbocycles. The second-order valence-corrected chi connectivity index (χ2v) is 9.04. The number of aromatic nitrogens is 1. The van der Waals surface area contributed by atoms with Crippen molar-refractivity contribution in [2.24, 2.45) is 5.92 Å². The fraction of sp³-hybridized carbons (Fsp3) is 0.440. The predicted molar refractivity (Wildman–Crippen MR) is 119 cm³/mol. The second kappa shape index (κ2) is 8.65. The van der Waals surface area contributed by atoms with Crippen LogP contribution in [0.4, 0.5) is 14.6 Å². The summed E-state index contributed by atoms with van der Waals surface area (Å²) in [6, 6.07) is 11.4. The molecule has 2 heterocycles. The van der Waals surface area contributed by atoms with E-state index in [9.17, 15) is 13.6 Å². The molecule has 1 saturated heterocycles. The summed E-state index contributed by atoms with van der Waals surface area (Å²) in [7, 11) is 0. The van der Waals surface area contributed by atoms with Crippen molar-refractivity contribution in [2.45, 2.75) is 50.7 Å². The van der Waals surface area contributed by atoms with Crippen molar-refractivity contribution in [3.05, 3.63) is 60.0 Å². The number of alkyl halides is 2. The fourth-order valence-electron chi connectivity index (χ4n) is 3.91. The molecule has 6 nitrogen and oxygen atoms in total. The number of nitrogens with zero attached hydrogens (tertiary/aromatic N) is 2. The van der Waals surface area contributed by atoms with Crippen LogP contribution in [0.25, 0.3) is 0 Å². The smallest absolute Gasteiger partial charge is 0.276 e. The Hall–Kier alpha value is -3.16. The normalized spacial score (nSPS) is 23.3. The van der Waals surface area contributed by atoms with E-state index in [1.807, 2.05) is 37.3 Å². The number of pyridine rings is 1. The van der Waals surface area contributed by atoms with Gasteiger partial charge in [-0.15, -0.1) is 0 Å². The Morgan fingerprint density at radius 2 is 1.91 bits per heavy atom. The van der Waals surface area contributed by atoms with Gasteiger partial charge in [-0.1, -0.05) is 12.1 Å². The minimum absolute atomic E-state index is 0.0107. The van der Waals surface area contributed by atoms with E-state index in [4.69, 9.17) is 9.47 Å². The molecule has 3 aliphatic rings. The second-order valence-electron chi connectivity index (χ2n) is 9.04. The lowest BCUT2D eigenvalue weighted by Crippen LogP contribution is -2.27. The highest BCUT2D eigenvalue weighted by molar-refractivity contribution is 5.81. The first-order valence-corrected chi connectivity index (χ1v) is 11.4. The van der Waals surface area contributed by atoms with E-state index >= 15 is 0 Å². The Bertz CT molecular complexity index is 1040. The van der Waals surface area contributed by atoms with Crippen molar-refractivity contribution in [1.82, 2.24) is 10.3 Å². The number of hydrogen-bond acceptors (Lipinski definition) is 5. The number of rotatable bonds is 8. The molecular formula is C25H27F2N3O3. The molecule has 1 amide bonds. The fourth-order valence-corrected chi connectivity index (χ4v) is 3.91. The van der Waals surface area contributed by atoms with Crippen LogP contribution in [0, 0.1) is 5.92 Å². The Morgan fingerprint density at radius 1 is 1.18 bits per heavy atom. The third-order valence-electron chi connectivity index (χ3n) is 6.27. The molecule has 1 N–H and O–H groups in total. The van der Waals surface area contributed by atoms with E-state index in [0.29, 0.717) is 12.3 Å². The van der Waals surface area contributed by atoms with Gasteiger partial charge in [0.15, 0.2) is 0 Å². The Balaban J connectivity index is 1.11. The van der Waals surface area contributed by atoms with Crippen LogP contribution in [0.1, 0.15) is 44.2 Å². The van der Waals surface area contributed by atoms with Crippen molar-refractivity contribution < 1.29 is 23.0 Å². The number of halogens is 2. The van der Waals surface area contributed by atoms with Gasteiger partial charge in [0.05, 0.1) is 25.0 Å². The van der Waals surface area contributed by atoms with Gasteiger partial charge in [0.1, 0.15) is 23.4 Å². The summed E-state index contributed by atoms with van der Waals surface area (Å²) in [6.07, 6.45) is 5.34. The molecule has 1 aliphatic heterocycles. The van der Waals surface area contributed by atoms with E-state index in [0.717, 1.165) is 49.2 Å². The maximum Gasteiger partial charge on any atom is 0.276 e. The minimum atomic E-state index is -2.71. The van der Waals surface area contributed by atoms with Crippen LogP contribution in [0.5, 0.6) is 11.5 Å². The van der Waals surface area contributed by atoms with Crippen LogP contribution >= 0.6 is 0 Å². The van der Waals surface area contributed by atoms with E-state index in [1.165, 1.54) is 0 Å². The number of amides is 1. The zero-order valence-corrected chi connectivity index (χ0v) is 18.5. The number of carbonyl (C=O) groups is 1. The lowest BCUT2D eigenvalue weighted by molar-refractivity contribution is -0.122. The first kappa shape index (κ1) is 21.7. The van der Waals surface area contributed by atoms with Crippen LogP contribution in [-0.2, 0) is 4.79 Å². The maximum absolute atomic E-state index is 12.9. The van der Waals surface area contributed by atoms with Crippen molar-refractivity contribution in [3.8, 4) is 11.5 Å². The third kappa shape index (κ3) is 5.26. The standard InChI is InChI=1S/C25H27F2N3O3/c1-16(29-24(31)18-2-3-18)17-4-6-20(7-5-17)33-22-10-11-30(14-22)23-9-8-21(13-28-23)32-15-19-12-25(19,26)27/h4-9,13,15-16,18,22H,2-3,10-12,14H2,1H3,(H,29,31). The zero-order valence-electron chi connectivity index (χ0n) is 18.5. The Labute approximate surface area is 191 Å². The highest BCUT2D eigenvalue weighted by atomic mass is 19.3. The molecule has 0 bridgehead atoms. The molecule has 3 fully saturated rings. The van der Waals surface area contributed by atoms with Crippen LogP contribution in [0.2, 0.25) is 0 Å². The SMILES string of the molecule is CC(NC(=O)C1CC1)c1ccc(OC2CCN(c3ccc(OC=C4CC4(F)F)cn3)C2)cc1. The lowest BCUT2D eigenvalue weighted by Gasteiger charge is -2.19. The molecule has 5 rings (SSSR count). The van der Waals surface area contributed by atoms with Gasteiger partial charge in [-0.3, -0.25) is 4.79 Å². The van der Waals surface area contributed by atoms with Crippen LogP contribution in [-0.4, -0.2) is 36.0 Å². The lowest BCUT2D eigenvalue weighted by atomic mass is 10.1. The monoisotopic (exact) mass is 455 g/mol. The van der Waals surface area contributed by atoms with Crippen molar-refractivity contribution >= 4 is 11.7 Å². The molecular weight excluding hydrogens is 428 g/mol. The summed E-state index contributed by atoms with van der Waals surface area (Å²) in [5.74, 6) is -0.331. The molecule has 0 spiro atoms. The van der Waals surface area contributed by atoms with Gasteiger partial charge >= 0.3 is 0 Å². The summed E-state index contributed by atoms with van der Waals surface area (Å²) in [5, 5.41) is 3.06. The van der Waals surface area contributed by atoms with Crippen molar-refractivity contribution in [2.75, 3.05) is 18.0 Å². The number of anilines is 1. The zero-order chi connectivity index (χ0) is 23.0. The highest BCUT2D eigenvalue weighted by Crippen LogP contribution is 2.47. The number of allylic oxidation sites excluding steroid dienone is 1. The number of ether oxygens (including phenoxy) is 2. The molecule has 2 atom stereocenters. The summed E-state index contributed by atoms with van der Waals surface area (Å²) in [5.41, 5.74) is 1.06. The molecule has 0 radical (unpaired) electrons. The van der Waals surface area contributed by atoms with Gasteiger partial charge in [0.25, 0.3) is 5.92 Å². The Kier molecular flexibility index (Phi) is 5.68. The number of nitrogens with one attached hydrogen (secondary N) is 1. The van der Waals surface area contributed by atoms with Gasteiger partial charge in [-0.25, -0.2) is 13.8 Å². The first-order chi connectivity index (χ1) is 15.9. The van der Waals surface area contributed by atoms with E-state index in [2.05, 4.69) is 15.2 Å². The topological polar surface area (TPSA) is 63.7 Å². The molecule has 8 heteroatoms. The van der Waals surface area contributed by atoms with Crippen LogP contribution in [0.15, 0.2) is 54.4 Å². The third-order valence-corrected chi connectivity index (χ3v) is 6.27. The molecule has 33 heavy (non-hydrogen) atoms. The molecule has 2 saturated carbocycles. The van der Waals surface area contributed by atoms with E-state index in [-0.39, 0.29) is 36.0 Å². The minimum Gasteiger partial charge on any atom is -0.489 e.